The first-order chi connectivity index (χ1) is 7.68. The molecule has 2 rings (SSSR count). The Kier molecular flexibility index (Phi) is 2.92. The summed E-state index contributed by atoms with van der Waals surface area (Å²) in [5, 5.41) is 10.0. The summed E-state index contributed by atoms with van der Waals surface area (Å²) in [5.74, 6) is 1.19. The number of hydrogen-bond acceptors (Lipinski definition) is 4. The van der Waals surface area contributed by atoms with Gasteiger partial charge in [-0.2, -0.15) is 0 Å². The quantitative estimate of drug-likeness (QED) is 0.824. The van der Waals surface area contributed by atoms with Crippen molar-refractivity contribution in [3.63, 3.8) is 0 Å². The van der Waals surface area contributed by atoms with E-state index in [-0.39, 0.29) is 0 Å². The first kappa shape index (κ1) is 10.7. The fourth-order valence-corrected chi connectivity index (χ4v) is 1.68. The van der Waals surface area contributed by atoms with Crippen molar-refractivity contribution in [1.29, 1.82) is 0 Å². The van der Waals surface area contributed by atoms with Crippen LogP contribution in [-0.2, 0) is 6.42 Å². The fourth-order valence-electron chi connectivity index (χ4n) is 1.68. The molecule has 0 aliphatic heterocycles. The van der Waals surface area contributed by atoms with Crippen molar-refractivity contribution in [2.45, 2.75) is 19.4 Å². The minimum atomic E-state index is -0.606. The van der Waals surface area contributed by atoms with Crippen LogP contribution in [0.4, 0.5) is 5.82 Å². The lowest BCUT2D eigenvalue weighted by Gasteiger charge is -2.10. The van der Waals surface area contributed by atoms with Gasteiger partial charge >= 0.3 is 0 Å². The van der Waals surface area contributed by atoms with Crippen LogP contribution in [0.25, 0.3) is 0 Å². The molecule has 0 bridgehead atoms. The highest BCUT2D eigenvalue weighted by molar-refractivity contribution is 5.39. The van der Waals surface area contributed by atoms with Crippen molar-refractivity contribution in [2.75, 3.05) is 5.73 Å². The molecule has 1 unspecified atom stereocenters. The van der Waals surface area contributed by atoms with Crippen LogP contribution in [0.2, 0.25) is 0 Å². The maximum Gasteiger partial charge on any atom is 0.126 e. The molecule has 3 N–H and O–H groups in total. The van der Waals surface area contributed by atoms with Gasteiger partial charge in [0.2, 0.25) is 0 Å². The fraction of sp³-hybridized carbons (Fsp3) is 0.250. The number of anilines is 1. The predicted octanol–water partition coefficient (Wildman–Crippen LogP) is 1.84. The van der Waals surface area contributed by atoms with Crippen LogP contribution in [0, 0.1) is 6.92 Å². The summed E-state index contributed by atoms with van der Waals surface area (Å²) >= 11 is 0. The number of pyridine rings is 1. The average molecular weight is 218 g/mol. The highest BCUT2D eigenvalue weighted by Gasteiger charge is 2.14. The lowest BCUT2D eigenvalue weighted by molar-refractivity contribution is 0.176. The Balaban J connectivity index is 2.17. The molecule has 0 aliphatic carbocycles. The monoisotopic (exact) mass is 218 g/mol. The van der Waals surface area contributed by atoms with Gasteiger partial charge in [-0.1, -0.05) is 6.07 Å². The molecule has 0 spiro atoms. The van der Waals surface area contributed by atoms with Gasteiger partial charge < -0.3 is 15.3 Å². The van der Waals surface area contributed by atoms with Crippen LogP contribution < -0.4 is 5.73 Å². The van der Waals surface area contributed by atoms with Crippen molar-refractivity contribution in [3.8, 4) is 0 Å². The second-order valence-corrected chi connectivity index (χ2v) is 3.70. The number of hydrogen-bond donors (Lipinski definition) is 2. The molecule has 4 nitrogen and oxygen atoms in total. The van der Waals surface area contributed by atoms with E-state index in [2.05, 4.69) is 4.98 Å². The molecule has 0 saturated carbocycles. The topological polar surface area (TPSA) is 72.3 Å². The molecule has 1 atom stereocenters. The van der Waals surface area contributed by atoms with E-state index in [9.17, 15) is 5.11 Å². The minimum Gasteiger partial charge on any atom is -0.469 e. The molecule has 16 heavy (non-hydrogen) atoms. The Hall–Kier alpha value is -1.81. The van der Waals surface area contributed by atoms with Crippen LogP contribution in [0.3, 0.4) is 0 Å². The van der Waals surface area contributed by atoms with Crippen LogP contribution >= 0.6 is 0 Å². The molecule has 0 radical (unpaired) electrons. The second-order valence-electron chi connectivity index (χ2n) is 3.70. The summed E-state index contributed by atoms with van der Waals surface area (Å²) in [6, 6.07) is 5.44. The standard InChI is InChI=1S/C12H14N2O2/c1-8-10(4-6-16-8)11(15)7-9-3-2-5-14-12(9)13/h2-6,11,15H,7H2,1H3,(H2,13,14). The first-order valence-electron chi connectivity index (χ1n) is 5.10. The van der Waals surface area contributed by atoms with Crippen LogP contribution in [0.1, 0.15) is 23.0 Å². The Morgan fingerprint density at radius 1 is 1.50 bits per heavy atom. The van der Waals surface area contributed by atoms with Gasteiger partial charge in [0.15, 0.2) is 0 Å². The summed E-state index contributed by atoms with van der Waals surface area (Å²) in [6.45, 7) is 1.82. The number of aromatic nitrogens is 1. The maximum absolute atomic E-state index is 10.0. The van der Waals surface area contributed by atoms with Crippen molar-refractivity contribution < 1.29 is 9.52 Å². The third kappa shape index (κ3) is 2.06. The molecule has 0 amide bonds. The van der Waals surface area contributed by atoms with Crippen molar-refractivity contribution in [2.24, 2.45) is 0 Å². The predicted molar refractivity (Wildman–Crippen MR) is 60.8 cm³/mol. The molecule has 2 aromatic heterocycles. The number of nitrogens with two attached hydrogens (primary N) is 1. The molecular weight excluding hydrogens is 204 g/mol. The lowest BCUT2D eigenvalue weighted by Crippen LogP contribution is -2.05. The number of nitrogen functional groups attached to an aromatic ring is 1. The summed E-state index contributed by atoms with van der Waals surface area (Å²) in [7, 11) is 0. The molecular formula is C12H14N2O2. The van der Waals surface area contributed by atoms with Crippen molar-refractivity contribution >= 4 is 5.82 Å². The third-order valence-corrected chi connectivity index (χ3v) is 2.60. The number of furan rings is 1. The average Bonchev–Trinajstić information content (AvgIpc) is 2.68. The van der Waals surface area contributed by atoms with Crippen LogP contribution in [-0.4, -0.2) is 10.1 Å². The van der Waals surface area contributed by atoms with E-state index in [0.29, 0.717) is 12.2 Å². The lowest BCUT2D eigenvalue weighted by atomic mass is 10.0. The number of rotatable bonds is 3. The van der Waals surface area contributed by atoms with E-state index in [4.69, 9.17) is 10.2 Å². The molecule has 0 fully saturated rings. The Morgan fingerprint density at radius 3 is 2.94 bits per heavy atom. The van der Waals surface area contributed by atoms with Gasteiger partial charge in [-0.3, -0.25) is 0 Å². The zero-order valence-electron chi connectivity index (χ0n) is 9.05. The van der Waals surface area contributed by atoms with E-state index >= 15 is 0 Å². The Bertz CT molecular complexity index is 479. The van der Waals surface area contributed by atoms with Gasteiger partial charge in [0.1, 0.15) is 11.6 Å². The van der Waals surface area contributed by atoms with Gasteiger partial charge in [-0.25, -0.2) is 4.98 Å². The largest absolute Gasteiger partial charge is 0.469 e. The Morgan fingerprint density at radius 2 is 2.31 bits per heavy atom. The molecule has 84 valence electrons. The van der Waals surface area contributed by atoms with Crippen LogP contribution in [0.5, 0.6) is 0 Å². The summed E-state index contributed by atoms with van der Waals surface area (Å²) in [6.07, 6.45) is 3.04. The summed E-state index contributed by atoms with van der Waals surface area (Å²) < 4.78 is 5.15. The van der Waals surface area contributed by atoms with E-state index in [1.165, 1.54) is 0 Å². The van der Waals surface area contributed by atoms with Gasteiger partial charge in [0, 0.05) is 18.2 Å². The molecule has 2 heterocycles. The Labute approximate surface area is 93.7 Å². The van der Waals surface area contributed by atoms with Gasteiger partial charge in [0.05, 0.1) is 12.4 Å². The van der Waals surface area contributed by atoms with Crippen molar-refractivity contribution in [3.05, 3.63) is 47.5 Å². The smallest absolute Gasteiger partial charge is 0.126 e. The van der Waals surface area contributed by atoms with E-state index in [0.717, 1.165) is 16.9 Å². The van der Waals surface area contributed by atoms with E-state index in [1.807, 2.05) is 13.0 Å². The maximum atomic E-state index is 10.0. The van der Waals surface area contributed by atoms with E-state index < -0.39 is 6.10 Å². The highest BCUT2D eigenvalue weighted by atomic mass is 16.3. The zero-order valence-corrected chi connectivity index (χ0v) is 9.05. The highest BCUT2D eigenvalue weighted by Crippen LogP contribution is 2.23. The van der Waals surface area contributed by atoms with Gasteiger partial charge in [-0.05, 0) is 24.6 Å². The first-order valence-corrected chi connectivity index (χ1v) is 5.10. The minimum absolute atomic E-state index is 0.444. The number of aryl methyl sites for hydroxylation is 1. The number of nitrogens with zero attached hydrogens (tertiary/aromatic N) is 1. The molecule has 0 aromatic carbocycles. The van der Waals surface area contributed by atoms with Gasteiger partial charge in [0.25, 0.3) is 0 Å². The molecule has 0 saturated heterocycles. The SMILES string of the molecule is Cc1occc1C(O)Cc1cccnc1N. The van der Waals surface area contributed by atoms with E-state index in [1.54, 1.807) is 24.6 Å². The van der Waals surface area contributed by atoms with Crippen molar-refractivity contribution in [1.82, 2.24) is 4.98 Å². The normalized spacial score (nSPS) is 12.6. The number of aliphatic hydroxyl groups excluding tert-OH is 1. The summed E-state index contributed by atoms with van der Waals surface area (Å²) in [4.78, 5) is 3.98. The molecule has 2 aromatic rings. The van der Waals surface area contributed by atoms with Gasteiger partial charge in [-0.15, -0.1) is 0 Å². The number of aliphatic hydroxyl groups is 1. The summed E-state index contributed by atoms with van der Waals surface area (Å²) in [5.41, 5.74) is 7.35. The van der Waals surface area contributed by atoms with Crippen LogP contribution in [0.15, 0.2) is 35.1 Å². The second kappa shape index (κ2) is 4.37. The molecule has 0 aliphatic rings. The molecule has 4 heteroatoms. The third-order valence-electron chi connectivity index (χ3n) is 2.60. The zero-order chi connectivity index (χ0) is 11.5.